The van der Waals surface area contributed by atoms with Gasteiger partial charge in [-0.1, -0.05) is 48.5 Å². The molecule has 4 rings (SSSR count). The summed E-state index contributed by atoms with van der Waals surface area (Å²) >= 11 is 0. The molecule has 1 heterocycles. The highest BCUT2D eigenvalue weighted by molar-refractivity contribution is 5.81. The van der Waals surface area contributed by atoms with Gasteiger partial charge in [0.25, 0.3) is 0 Å². The van der Waals surface area contributed by atoms with Crippen LogP contribution in [0.2, 0.25) is 0 Å². The van der Waals surface area contributed by atoms with Gasteiger partial charge in [-0.2, -0.15) is 0 Å². The van der Waals surface area contributed by atoms with Crippen LogP contribution in [0.3, 0.4) is 0 Å². The van der Waals surface area contributed by atoms with Gasteiger partial charge in [-0.25, -0.2) is 9.59 Å². The molecule has 15 heteroatoms. The average molecular weight is 657 g/mol. The Kier molecular flexibility index (Phi) is 11.5. The molecule has 252 valence electrons. The van der Waals surface area contributed by atoms with Gasteiger partial charge in [0, 0.05) is 33.6 Å². The number of esters is 3. The Bertz CT molecular complexity index is 1470. The molecule has 2 aliphatic rings. The number of hydrogen-bond acceptors (Lipinski definition) is 12. The Balaban J connectivity index is 1.48. The van der Waals surface area contributed by atoms with Crippen molar-refractivity contribution in [1.29, 1.82) is 0 Å². The van der Waals surface area contributed by atoms with Gasteiger partial charge in [0.2, 0.25) is 5.91 Å². The van der Waals surface area contributed by atoms with Crippen molar-refractivity contribution in [3.63, 3.8) is 0 Å². The summed E-state index contributed by atoms with van der Waals surface area (Å²) in [6.45, 7) is 3.23. The third kappa shape index (κ3) is 8.83. The maximum atomic E-state index is 12.8. The molecule has 0 bridgehead atoms. The largest absolute Gasteiger partial charge is 0.480 e. The molecular formula is C32H36N2O13. The number of carboxylic acids is 1. The summed E-state index contributed by atoms with van der Waals surface area (Å²) in [7, 11) is 0. The number of rotatable bonds is 12. The van der Waals surface area contributed by atoms with E-state index in [2.05, 4.69) is 10.6 Å². The van der Waals surface area contributed by atoms with Crippen molar-refractivity contribution in [2.45, 2.75) is 70.3 Å². The van der Waals surface area contributed by atoms with Crippen molar-refractivity contribution in [3.8, 4) is 11.1 Å². The lowest BCUT2D eigenvalue weighted by Gasteiger charge is -2.45. The molecule has 1 saturated heterocycles. The van der Waals surface area contributed by atoms with Gasteiger partial charge in [0.15, 0.2) is 24.5 Å². The van der Waals surface area contributed by atoms with Crippen molar-refractivity contribution in [1.82, 2.24) is 10.6 Å². The first-order valence-electron chi connectivity index (χ1n) is 14.7. The molecule has 15 nitrogen and oxygen atoms in total. The highest BCUT2D eigenvalue weighted by Crippen LogP contribution is 2.44. The molecule has 0 spiro atoms. The van der Waals surface area contributed by atoms with E-state index in [0.29, 0.717) is 0 Å². The molecule has 2 aromatic carbocycles. The topological polar surface area (TPSA) is 202 Å². The minimum atomic E-state index is -1.66. The number of carbonyl (C=O) groups is 6. The fourth-order valence-electron chi connectivity index (χ4n) is 5.58. The second-order valence-corrected chi connectivity index (χ2v) is 10.9. The number of ether oxygens (including phenoxy) is 6. The van der Waals surface area contributed by atoms with Gasteiger partial charge in [-0.15, -0.1) is 0 Å². The first kappa shape index (κ1) is 34.8. The zero-order valence-corrected chi connectivity index (χ0v) is 26.1. The van der Waals surface area contributed by atoms with Crippen molar-refractivity contribution < 1.29 is 62.3 Å². The quantitative estimate of drug-likeness (QED) is 0.220. The number of hydrogen-bond donors (Lipinski definition) is 3. The van der Waals surface area contributed by atoms with Gasteiger partial charge in [-0.3, -0.25) is 19.2 Å². The van der Waals surface area contributed by atoms with Gasteiger partial charge in [0.05, 0.1) is 6.61 Å². The molecule has 6 atom stereocenters. The average Bonchev–Trinajstić information content (AvgIpc) is 3.32. The van der Waals surface area contributed by atoms with Crippen LogP contribution in [0, 0.1) is 0 Å². The maximum Gasteiger partial charge on any atom is 0.407 e. The van der Waals surface area contributed by atoms with Crippen LogP contribution in [0.25, 0.3) is 11.1 Å². The van der Waals surface area contributed by atoms with Crippen molar-refractivity contribution in [2.75, 3.05) is 19.8 Å². The van der Waals surface area contributed by atoms with E-state index in [-0.39, 0.29) is 12.5 Å². The van der Waals surface area contributed by atoms with E-state index >= 15 is 0 Å². The summed E-state index contributed by atoms with van der Waals surface area (Å²) < 4.78 is 32.8. The van der Waals surface area contributed by atoms with E-state index in [1.165, 1.54) is 0 Å². The highest BCUT2D eigenvalue weighted by atomic mass is 16.7. The number of carboxylic acid groups (broad SMARTS) is 1. The predicted octanol–water partition coefficient (Wildman–Crippen LogP) is 1.65. The third-order valence-electron chi connectivity index (χ3n) is 7.43. The summed E-state index contributed by atoms with van der Waals surface area (Å²) in [5, 5.41) is 14.6. The molecule has 0 aromatic heterocycles. The lowest BCUT2D eigenvalue weighted by molar-refractivity contribution is -0.278. The van der Waals surface area contributed by atoms with E-state index in [9.17, 15) is 33.9 Å². The minimum absolute atomic E-state index is 0.0666. The smallest absolute Gasteiger partial charge is 0.407 e. The molecule has 1 aliphatic carbocycles. The predicted molar refractivity (Wildman–Crippen MR) is 160 cm³/mol. The first-order valence-corrected chi connectivity index (χ1v) is 14.7. The molecule has 0 unspecified atom stereocenters. The Morgan fingerprint density at radius 2 is 1.36 bits per heavy atom. The SMILES string of the molecule is CC(=O)N[C@@H]1[C@H](OC[C@H](NC(=O)OCC2c3ccccc3-c3ccccc32)C(=O)O)O[C@H](COC(C)=O)[C@@H](OC(C)=O)[C@@H]1OC(C)=O. The van der Waals surface area contributed by atoms with Crippen LogP contribution >= 0.6 is 0 Å². The Morgan fingerprint density at radius 3 is 1.89 bits per heavy atom. The van der Waals surface area contributed by atoms with E-state index in [4.69, 9.17) is 28.4 Å². The van der Waals surface area contributed by atoms with Gasteiger partial charge in [0.1, 0.15) is 25.4 Å². The van der Waals surface area contributed by atoms with Crippen LogP contribution in [0.5, 0.6) is 0 Å². The van der Waals surface area contributed by atoms with Crippen molar-refractivity contribution in [3.05, 3.63) is 59.7 Å². The van der Waals surface area contributed by atoms with E-state index in [0.717, 1.165) is 49.9 Å². The van der Waals surface area contributed by atoms with Crippen LogP contribution < -0.4 is 10.6 Å². The molecule has 0 saturated carbocycles. The number of alkyl carbamates (subject to hydrolysis) is 1. The van der Waals surface area contributed by atoms with E-state index in [1.807, 2.05) is 48.5 Å². The fourth-order valence-corrected chi connectivity index (χ4v) is 5.58. The zero-order chi connectivity index (χ0) is 34.2. The summed E-state index contributed by atoms with van der Waals surface area (Å²) in [5.74, 6) is -4.65. The molecule has 2 aromatic rings. The first-order chi connectivity index (χ1) is 22.3. The maximum absolute atomic E-state index is 12.8. The molecule has 1 aliphatic heterocycles. The summed E-state index contributed by atoms with van der Waals surface area (Å²) in [5.41, 5.74) is 3.97. The van der Waals surface area contributed by atoms with Gasteiger partial charge in [-0.05, 0) is 22.3 Å². The second kappa shape index (κ2) is 15.5. The lowest BCUT2D eigenvalue weighted by Crippen LogP contribution is -2.67. The van der Waals surface area contributed by atoms with Gasteiger partial charge < -0.3 is 44.2 Å². The van der Waals surface area contributed by atoms with E-state index in [1.54, 1.807) is 0 Å². The third-order valence-corrected chi connectivity index (χ3v) is 7.43. The van der Waals surface area contributed by atoms with Crippen LogP contribution in [0.4, 0.5) is 4.79 Å². The van der Waals surface area contributed by atoms with Crippen molar-refractivity contribution >= 4 is 35.9 Å². The van der Waals surface area contributed by atoms with Crippen LogP contribution in [0.15, 0.2) is 48.5 Å². The summed E-state index contributed by atoms with van der Waals surface area (Å²) in [4.78, 5) is 72.6. The van der Waals surface area contributed by atoms with Gasteiger partial charge >= 0.3 is 30.0 Å². The second-order valence-electron chi connectivity index (χ2n) is 10.9. The summed E-state index contributed by atoms with van der Waals surface area (Å²) in [6, 6.07) is 12.5. The van der Waals surface area contributed by atoms with Crippen LogP contribution in [-0.4, -0.2) is 97.5 Å². The molecule has 0 radical (unpaired) electrons. The monoisotopic (exact) mass is 656 g/mol. The minimum Gasteiger partial charge on any atom is -0.480 e. The number of nitrogens with one attached hydrogen (secondary N) is 2. The lowest BCUT2D eigenvalue weighted by atomic mass is 9.96. The number of amides is 2. The molecule has 2 amide bonds. The normalized spacial score (nSPS) is 22.1. The molecular weight excluding hydrogens is 620 g/mol. The number of benzene rings is 2. The molecule has 3 N–H and O–H groups in total. The highest BCUT2D eigenvalue weighted by Gasteiger charge is 2.51. The molecule has 1 fully saturated rings. The van der Waals surface area contributed by atoms with Crippen LogP contribution in [-0.2, 0) is 52.4 Å². The standard InChI is InChI=1S/C32H36N2O13/c1-16(35)33-27-29(46-19(4)38)28(45-18(3)37)26(15-42-17(2)36)47-31(27)43-14-25(30(39)40)34-32(41)44-13-24-22-11-7-5-9-20(22)21-10-6-8-12-23(21)24/h5-12,24-29,31H,13-15H2,1-4H3,(H,33,35)(H,34,41)(H,39,40)/t25-,26+,27-,28+,29+,31+/m0/s1. The number of aliphatic carboxylic acids is 1. The Morgan fingerprint density at radius 1 is 0.787 bits per heavy atom. The van der Waals surface area contributed by atoms with E-state index < -0.39 is 85.8 Å². The zero-order valence-electron chi connectivity index (χ0n) is 26.1. The number of carbonyl (C=O) groups excluding carboxylic acids is 5. The summed E-state index contributed by atoms with van der Waals surface area (Å²) in [6.07, 6.45) is -6.58. The fraction of sp³-hybridized carbons (Fsp3) is 0.438. The Labute approximate surface area is 269 Å². The van der Waals surface area contributed by atoms with Crippen molar-refractivity contribution in [2.24, 2.45) is 0 Å². The number of fused-ring (bicyclic) bond motifs is 3. The van der Waals surface area contributed by atoms with Crippen LogP contribution in [0.1, 0.15) is 44.7 Å². The Hall–Kier alpha value is -5.02. The molecule has 47 heavy (non-hydrogen) atoms.